The van der Waals surface area contributed by atoms with Crippen LogP contribution in [0.1, 0.15) is 48.3 Å². The molecule has 8 nitrogen and oxygen atoms in total. The van der Waals surface area contributed by atoms with E-state index in [1.54, 1.807) is 6.07 Å². The summed E-state index contributed by atoms with van der Waals surface area (Å²) in [5.41, 5.74) is 10.4. The summed E-state index contributed by atoms with van der Waals surface area (Å²) in [6, 6.07) is 9.49. The Bertz CT molecular complexity index is 1140. The fourth-order valence-corrected chi connectivity index (χ4v) is 3.94. The predicted octanol–water partition coefficient (Wildman–Crippen LogP) is 3.85. The van der Waals surface area contributed by atoms with Crippen molar-refractivity contribution >= 4 is 17.4 Å². The van der Waals surface area contributed by atoms with Crippen LogP contribution >= 0.6 is 0 Å². The number of benzene rings is 1. The zero-order chi connectivity index (χ0) is 22.7. The van der Waals surface area contributed by atoms with Crippen molar-refractivity contribution in [1.29, 1.82) is 0 Å². The van der Waals surface area contributed by atoms with Gasteiger partial charge in [-0.3, -0.25) is 9.48 Å². The third-order valence-electron chi connectivity index (χ3n) is 5.45. The molecule has 0 fully saturated rings. The van der Waals surface area contributed by atoms with Gasteiger partial charge in [-0.2, -0.15) is 5.10 Å². The number of Topliss-reactive ketones (excluding diaryl/α,β-unsaturated/α-hetero) is 1. The van der Waals surface area contributed by atoms with Crippen molar-refractivity contribution in [2.24, 2.45) is 12.8 Å². The molecule has 0 saturated heterocycles. The molecular formula is C24H29N5O3. The Hall–Kier alpha value is -3.39. The molecule has 0 spiro atoms. The molecule has 0 saturated carbocycles. The van der Waals surface area contributed by atoms with Crippen LogP contribution in [0.25, 0.3) is 11.3 Å². The molecule has 168 valence electrons. The Kier molecular flexibility index (Phi) is 6.41. The molecule has 0 bridgehead atoms. The van der Waals surface area contributed by atoms with Crippen LogP contribution in [-0.2, 0) is 13.5 Å². The summed E-state index contributed by atoms with van der Waals surface area (Å²) in [6.07, 6.45) is 1.92. The van der Waals surface area contributed by atoms with Gasteiger partial charge in [0.2, 0.25) is 0 Å². The first-order chi connectivity index (χ1) is 15.5. The van der Waals surface area contributed by atoms with Crippen molar-refractivity contribution in [2.45, 2.75) is 33.1 Å². The maximum Gasteiger partial charge on any atom is 0.180 e. The van der Waals surface area contributed by atoms with Crippen molar-refractivity contribution in [2.75, 3.05) is 25.1 Å². The van der Waals surface area contributed by atoms with Crippen LogP contribution in [0.2, 0.25) is 0 Å². The molecule has 8 heteroatoms. The van der Waals surface area contributed by atoms with E-state index in [1.807, 2.05) is 43.8 Å². The number of aromatic nitrogens is 3. The number of nitrogens with one attached hydrogen (secondary N) is 1. The number of fused-ring (bicyclic) bond motifs is 3. The number of ether oxygens (including phenoxy) is 2. The van der Waals surface area contributed by atoms with Crippen LogP contribution in [0.3, 0.4) is 0 Å². The summed E-state index contributed by atoms with van der Waals surface area (Å²) in [6.45, 7) is 5.47. The molecule has 32 heavy (non-hydrogen) atoms. The first-order valence-electron chi connectivity index (χ1n) is 11.0. The lowest BCUT2D eigenvalue weighted by molar-refractivity contribution is 0.0983. The van der Waals surface area contributed by atoms with Crippen LogP contribution in [0.15, 0.2) is 30.3 Å². The van der Waals surface area contributed by atoms with E-state index in [9.17, 15) is 4.79 Å². The number of carbonyl (C=O) groups is 1. The smallest absolute Gasteiger partial charge is 0.180 e. The van der Waals surface area contributed by atoms with Crippen LogP contribution in [0.4, 0.5) is 11.6 Å². The molecule has 0 radical (unpaired) electrons. The van der Waals surface area contributed by atoms with Gasteiger partial charge in [-0.15, -0.1) is 0 Å². The Morgan fingerprint density at radius 3 is 2.78 bits per heavy atom. The highest BCUT2D eigenvalue weighted by Gasteiger charge is 2.29. The van der Waals surface area contributed by atoms with Gasteiger partial charge in [-0.1, -0.05) is 13.0 Å². The van der Waals surface area contributed by atoms with E-state index >= 15 is 0 Å². The standard InChI is InChI=1S/C24H29N5O3/c1-4-19(30)18-8-6-9-22(26-18)27-24-17-12-15-13-20(31-5-2)21(32-11-7-10-25)14-16(15)23(17)29(3)28-24/h6,8-9,13-14H,4-5,7,10-12,25H2,1-3H3,(H,26,27,28). The van der Waals surface area contributed by atoms with E-state index in [-0.39, 0.29) is 5.78 Å². The van der Waals surface area contributed by atoms with Crippen LogP contribution in [0, 0.1) is 0 Å². The molecule has 1 aliphatic carbocycles. The Labute approximate surface area is 187 Å². The molecule has 0 atom stereocenters. The van der Waals surface area contributed by atoms with Gasteiger partial charge in [0.15, 0.2) is 23.1 Å². The third-order valence-corrected chi connectivity index (χ3v) is 5.45. The van der Waals surface area contributed by atoms with Gasteiger partial charge in [0.05, 0.1) is 18.9 Å². The number of aryl methyl sites for hydroxylation is 1. The highest BCUT2D eigenvalue weighted by Crippen LogP contribution is 2.45. The van der Waals surface area contributed by atoms with E-state index < -0.39 is 0 Å². The molecule has 3 N–H and O–H groups in total. The molecule has 2 aromatic heterocycles. The zero-order valence-electron chi connectivity index (χ0n) is 18.8. The van der Waals surface area contributed by atoms with Crippen molar-refractivity contribution in [1.82, 2.24) is 14.8 Å². The van der Waals surface area contributed by atoms with E-state index in [0.717, 1.165) is 52.5 Å². The molecule has 2 heterocycles. The first-order valence-corrected chi connectivity index (χ1v) is 11.0. The number of pyridine rings is 1. The normalized spacial score (nSPS) is 11.8. The van der Waals surface area contributed by atoms with E-state index in [0.29, 0.717) is 37.7 Å². The number of ketones is 1. The summed E-state index contributed by atoms with van der Waals surface area (Å²) >= 11 is 0. The Morgan fingerprint density at radius 2 is 2.03 bits per heavy atom. The number of anilines is 2. The second-order valence-electron chi connectivity index (χ2n) is 7.67. The minimum Gasteiger partial charge on any atom is -0.490 e. The molecule has 0 unspecified atom stereocenters. The van der Waals surface area contributed by atoms with E-state index in [4.69, 9.17) is 15.2 Å². The van der Waals surface area contributed by atoms with Gasteiger partial charge in [0, 0.05) is 31.0 Å². The van der Waals surface area contributed by atoms with Crippen LogP contribution in [-0.4, -0.2) is 40.3 Å². The summed E-state index contributed by atoms with van der Waals surface area (Å²) in [5, 5.41) is 7.98. The quantitative estimate of drug-likeness (QED) is 0.288. The van der Waals surface area contributed by atoms with Gasteiger partial charge in [0.1, 0.15) is 11.5 Å². The number of nitrogens with zero attached hydrogens (tertiary/aromatic N) is 3. The molecule has 4 rings (SSSR count). The first kappa shape index (κ1) is 21.8. The van der Waals surface area contributed by atoms with Gasteiger partial charge >= 0.3 is 0 Å². The number of hydrogen-bond acceptors (Lipinski definition) is 7. The SMILES string of the molecule is CCOc1cc2c(cc1OCCCN)-c1c(c(Nc3cccc(C(=O)CC)n3)nn1C)C2. The highest BCUT2D eigenvalue weighted by molar-refractivity contribution is 5.94. The summed E-state index contributed by atoms with van der Waals surface area (Å²) in [7, 11) is 1.93. The van der Waals surface area contributed by atoms with E-state index in [2.05, 4.69) is 21.5 Å². The van der Waals surface area contributed by atoms with Crippen molar-refractivity contribution in [3.05, 3.63) is 47.2 Å². The minimum absolute atomic E-state index is 0.0120. The number of hydrogen-bond donors (Lipinski definition) is 2. The van der Waals surface area contributed by atoms with Gasteiger partial charge in [-0.05, 0) is 49.7 Å². The van der Waals surface area contributed by atoms with Crippen LogP contribution < -0.4 is 20.5 Å². The Balaban J connectivity index is 1.66. The van der Waals surface area contributed by atoms with Gasteiger partial charge < -0.3 is 20.5 Å². The fraction of sp³-hybridized carbons (Fsp3) is 0.375. The monoisotopic (exact) mass is 435 g/mol. The maximum atomic E-state index is 12.0. The Morgan fingerprint density at radius 1 is 1.22 bits per heavy atom. The molecular weight excluding hydrogens is 406 g/mol. The van der Waals surface area contributed by atoms with Gasteiger partial charge in [0.25, 0.3) is 0 Å². The number of nitrogens with two attached hydrogens (primary N) is 1. The second-order valence-corrected chi connectivity index (χ2v) is 7.67. The molecule has 3 aromatic rings. The third kappa shape index (κ3) is 4.18. The maximum absolute atomic E-state index is 12.0. The van der Waals surface area contributed by atoms with Crippen molar-refractivity contribution in [3.63, 3.8) is 0 Å². The average Bonchev–Trinajstić information content (AvgIpc) is 3.31. The summed E-state index contributed by atoms with van der Waals surface area (Å²) < 4.78 is 13.7. The number of carbonyl (C=O) groups excluding carboxylic acids is 1. The van der Waals surface area contributed by atoms with Crippen LogP contribution in [0.5, 0.6) is 11.5 Å². The summed E-state index contributed by atoms with van der Waals surface area (Å²) in [4.78, 5) is 16.5. The lowest BCUT2D eigenvalue weighted by atomic mass is 10.1. The van der Waals surface area contributed by atoms with E-state index in [1.165, 1.54) is 0 Å². The molecule has 0 aliphatic heterocycles. The zero-order valence-corrected chi connectivity index (χ0v) is 18.8. The average molecular weight is 436 g/mol. The van der Waals surface area contributed by atoms with Crippen molar-refractivity contribution in [3.8, 4) is 22.8 Å². The molecule has 1 aromatic carbocycles. The summed E-state index contributed by atoms with van der Waals surface area (Å²) in [5.74, 6) is 2.80. The molecule has 1 aliphatic rings. The number of rotatable bonds is 10. The molecule has 0 amide bonds. The van der Waals surface area contributed by atoms with Crippen molar-refractivity contribution < 1.29 is 14.3 Å². The largest absolute Gasteiger partial charge is 0.490 e. The fourth-order valence-electron chi connectivity index (χ4n) is 3.94. The highest BCUT2D eigenvalue weighted by atomic mass is 16.5. The lowest BCUT2D eigenvalue weighted by Crippen LogP contribution is -2.07. The van der Waals surface area contributed by atoms with Gasteiger partial charge in [-0.25, -0.2) is 4.98 Å². The second kappa shape index (κ2) is 9.40. The topological polar surface area (TPSA) is 104 Å². The predicted molar refractivity (Wildman–Crippen MR) is 124 cm³/mol. The lowest BCUT2D eigenvalue weighted by Gasteiger charge is -2.14. The minimum atomic E-state index is 0.0120.